The number of aromatic nitrogens is 4. The molecule has 2 atom stereocenters. The van der Waals surface area contributed by atoms with Gasteiger partial charge in [-0.05, 0) is 28.4 Å². The lowest BCUT2D eigenvalue weighted by molar-refractivity contribution is 0.315. The summed E-state index contributed by atoms with van der Waals surface area (Å²) in [6.07, 6.45) is 2.45. The van der Waals surface area contributed by atoms with Crippen LogP contribution >= 0.6 is 0 Å². The second-order valence-electron chi connectivity index (χ2n) is 5.16. The molecule has 0 fully saturated rings. The maximum absolute atomic E-state index is 7.63. The number of rotatable bonds is 2. The van der Waals surface area contributed by atoms with Crippen molar-refractivity contribution in [1.82, 2.24) is 20.5 Å². The standard InChI is InChI=1S/C15H12N6O/c1-3-10-14(16-2)12(9-7-17-19-15(9)18-10)8-5-4-6-11-13(8)21-22-20-11/h4-7,12,14H,3H2,1H3,(H,17,19). The Bertz CT molecular complexity index is 915. The molecule has 3 aromatic rings. The van der Waals surface area contributed by atoms with Crippen LogP contribution in [-0.2, 0) is 0 Å². The Labute approximate surface area is 125 Å². The van der Waals surface area contributed by atoms with Gasteiger partial charge in [-0.15, -0.1) is 0 Å². The van der Waals surface area contributed by atoms with Gasteiger partial charge in [0.15, 0.2) is 5.82 Å². The number of nitrogens with zero attached hydrogens (tertiary/aromatic N) is 5. The summed E-state index contributed by atoms with van der Waals surface area (Å²) in [5, 5.41) is 14.9. The molecule has 0 spiro atoms. The zero-order valence-electron chi connectivity index (χ0n) is 11.8. The molecular weight excluding hydrogens is 280 g/mol. The number of nitrogens with one attached hydrogen (secondary N) is 1. The van der Waals surface area contributed by atoms with Gasteiger partial charge in [0.2, 0.25) is 0 Å². The molecule has 1 aliphatic heterocycles. The van der Waals surface area contributed by atoms with E-state index in [2.05, 4.69) is 30.3 Å². The number of hydrogen-bond donors (Lipinski definition) is 1. The fraction of sp³-hybridized carbons (Fsp3) is 0.267. The van der Waals surface area contributed by atoms with Gasteiger partial charge >= 0.3 is 0 Å². The van der Waals surface area contributed by atoms with Gasteiger partial charge in [-0.25, -0.2) is 16.2 Å². The normalized spacial score (nSPS) is 20.5. The summed E-state index contributed by atoms with van der Waals surface area (Å²) in [6.45, 7) is 9.64. The summed E-state index contributed by atoms with van der Waals surface area (Å²) in [5.41, 5.74) is 4.06. The van der Waals surface area contributed by atoms with E-state index < -0.39 is 0 Å². The first-order valence-electron chi connectivity index (χ1n) is 7.02. The molecule has 0 saturated heterocycles. The van der Waals surface area contributed by atoms with Crippen LogP contribution in [0, 0.1) is 6.57 Å². The Morgan fingerprint density at radius 2 is 2.23 bits per heavy atom. The van der Waals surface area contributed by atoms with Crippen molar-refractivity contribution >= 4 is 22.6 Å². The predicted molar refractivity (Wildman–Crippen MR) is 80.0 cm³/mol. The van der Waals surface area contributed by atoms with E-state index in [-0.39, 0.29) is 12.0 Å². The maximum atomic E-state index is 7.63. The smallest absolute Gasteiger partial charge is 0.272 e. The van der Waals surface area contributed by atoms with Crippen LogP contribution in [0.25, 0.3) is 15.9 Å². The fourth-order valence-corrected chi connectivity index (χ4v) is 3.03. The SMILES string of the molecule is [C-]#[N+]C1C(CC)=Nc2[nH]ncc2C1c1cccc2nonc12. The van der Waals surface area contributed by atoms with Gasteiger partial charge < -0.3 is 4.85 Å². The van der Waals surface area contributed by atoms with Crippen molar-refractivity contribution < 1.29 is 4.63 Å². The van der Waals surface area contributed by atoms with Gasteiger partial charge in [0.25, 0.3) is 6.04 Å². The molecule has 3 heterocycles. The number of H-pyrrole nitrogens is 1. The van der Waals surface area contributed by atoms with Crippen LogP contribution in [0.3, 0.4) is 0 Å². The van der Waals surface area contributed by atoms with Crippen molar-refractivity contribution in [2.24, 2.45) is 4.99 Å². The Kier molecular flexibility index (Phi) is 2.76. The highest BCUT2D eigenvalue weighted by Gasteiger charge is 2.40. The minimum Gasteiger partial charge on any atom is -0.306 e. The van der Waals surface area contributed by atoms with Gasteiger partial charge in [-0.1, -0.05) is 19.1 Å². The predicted octanol–water partition coefficient (Wildman–Crippen LogP) is 2.86. The molecule has 1 aromatic carbocycles. The van der Waals surface area contributed by atoms with Crippen LogP contribution in [0.1, 0.15) is 30.4 Å². The van der Waals surface area contributed by atoms with E-state index >= 15 is 0 Å². The second kappa shape index (κ2) is 4.77. The Morgan fingerprint density at radius 1 is 1.32 bits per heavy atom. The van der Waals surface area contributed by atoms with Gasteiger partial charge in [0.1, 0.15) is 16.7 Å². The first-order chi connectivity index (χ1) is 10.8. The molecule has 2 aromatic heterocycles. The molecule has 1 N–H and O–H groups in total. The number of aliphatic imine (C=N–C) groups is 1. The summed E-state index contributed by atoms with van der Waals surface area (Å²) in [6, 6.07) is 5.35. The third-order valence-electron chi connectivity index (χ3n) is 4.05. The largest absolute Gasteiger partial charge is 0.306 e. The van der Waals surface area contributed by atoms with Gasteiger partial charge in [0.05, 0.1) is 12.1 Å². The average Bonchev–Trinajstić information content (AvgIpc) is 3.20. The zero-order valence-corrected chi connectivity index (χ0v) is 11.8. The van der Waals surface area contributed by atoms with E-state index in [0.717, 1.165) is 29.1 Å². The minimum atomic E-state index is -0.364. The maximum Gasteiger partial charge on any atom is 0.272 e. The van der Waals surface area contributed by atoms with E-state index in [1.807, 2.05) is 25.1 Å². The van der Waals surface area contributed by atoms with Crippen molar-refractivity contribution in [2.75, 3.05) is 0 Å². The summed E-state index contributed by atoms with van der Waals surface area (Å²) in [7, 11) is 0. The van der Waals surface area contributed by atoms with Crippen LogP contribution in [0.15, 0.2) is 34.0 Å². The van der Waals surface area contributed by atoms with Crippen LogP contribution in [0.5, 0.6) is 0 Å². The summed E-state index contributed by atoms with van der Waals surface area (Å²) in [4.78, 5) is 8.37. The fourth-order valence-electron chi connectivity index (χ4n) is 3.03. The first-order valence-corrected chi connectivity index (χ1v) is 7.02. The first kappa shape index (κ1) is 12.7. The number of fused-ring (bicyclic) bond motifs is 2. The molecule has 4 rings (SSSR count). The third-order valence-corrected chi connectivity index (χ3v) is 4.05. The van der Waals surface area contributed by atoms with Gasteiger partial charge in [0, 0.05) is 5.56 Å². The quantitative estimate of drug-likeness (QED) is 0.736. The van der Waals surface area contributed by atoms with Crippen molar-refractivity contribution in [2.45, 2.75) is 25.3 Å². The third kappa shape index (κ3) is 1.67. The van der Waals surface area contributed by atoms with Crippen molar-refractivity contribution in [1.29, 1.82) is 0 Å². The molecule has 0 radical (unpaired) electrons. The molecule has 0 bridgehead atoms. The van der Waals surface area contributed by atoms with E-state index in [1.54, 1.807) is 6.20 Å². The van der Waals surface area contributed by atoms with Gasteiger partial charge in [-0.2, -0.15) is 5.10 Å². The number of aromatic amines is 1. The van der Waals surface area contributed by atoms with E-state index in [1.165, 1.54) is 0 Å². The molecule has 0 saturated carbocycles. The van der Waals surface area contributed by atoms with E-state index in [0.29, 0.717) is 11.0 Å². The second-order valence-corrected chi connectivity index (χ2v) is 5.16. The van der Waals surface area contributed by atoms with Crippen LogP contribution in [0.4, 0.5) is 5.82 Å². The zero-order chi connectivity index (χ0) is 15.1. The Morgan fingerprint density at radius 3 is 3.05 bits per heavy atom. The van der Waals surface area contributed by atoms with Crippen LogP contribution in [-0.4, -0.2) is 32.3 Å². The van der Waals surface area contributed by atoms with Crippen LogP contribution in [0.2, 0.25) is 0 Å². The molecule has 7 heteroatoms. The van der Waals surface area contributed by atoms with Crippen molar-refractivity contribution in [3.8, 4) is 0 Å². The molecule has 0 amide bonds. The topological polar surface area (TPSA) is 84.3 Å². The molecule has 22 heavy (non-hydrogen) atoms. The molecule has 7 nitrogen and oxygen atoms in total. The monoisotopic (exact) mass is 292 g/mol. The van der Waals surface area contributed by atoms with Gasteiger partial charge in [-0.3, -0.25) is 5.10 Å². The Hall–Kier alpha value is -3.01. The average molecular weight is 292 g/mol. The lowest BCUT2D eigenvalue weighted by Gasteiger charge is -2.23. The minimum absolute atomic E-state index is 0.172. The summed E-state index contributed by atoms with van der Waals surface area (Å²) >= 11 is 0. The number of benzene rings is 1. The molecule has 0 aliphatic carbocycles. The summed E-state index contributed by atoms with van der Waals surface area (Å²) < 4.78 is 4.86. The Balaban J connectivity index is 1.99. The summed E-state index contributed by atoms with van der Waals surface area (Å²) in [5.74, 6) is 0.546. The van der Waals surface area contributed by atoms with E-state index in [4.69, 9.17) is 11.2 Å². The van der Waals surface area contributed by atoms with E-state index in [9.17, 15) is 0 Å². The molecule has 1 aliphatic rings. The highest BCUT2D eigenvalue weighted by molar-refractivity contribution is 5.97. The van der Waals surface area contributed by atoms with Crippen molar-refractivity contribution in [3.05, 3.63) is 46.9 Å². The molecule has 2 unspecified atom stereocenters. The lowest BCUT2D eigenvalue weighted by atomic mass is 9.81. The highest BCUT2D eigenvalue weighted by atomic mass is 16.6. The highest BCUT2D eigenvalue weighted by Crippen LogP contribution is 2.41. The lowest BCUT2D eigenvalue weighted by Crippen LogP contribution is -2.28. The molecular formula is C15H12N6O. The van der Waals surface area contributed by atoms with Crippen molar-refractivity contribution in [3.63, 3.8) is 0 Å². The molecule has 108 valence electrons. The van der Waals surface area contributed by atoms with Crippen LogP contribution < -0.4 is 0 Å². The number of hydrogen-bond acceptors (Lipinski definition) is 5.